The molecule has 0 amide bonds. The Balaban J connectivity index is 1.74. The Hall–Kier alpha value is -1.38. The monoisotopic (exact) mass is 442 g/mol. The average molecular weight is 443 g/mol. The zero-order valence-corrected chi connectivity index (χ0v) is 18.9. The van der Waals surface area contributed by atoms with Crippen molar-refractivity contribution in [3.63, 3.8) is 0 Å². The van der Waals surface area contributed by atoms with Crippen LogP contribution in [0, 0.1) is 0 Å². The summed E-state index contributed by atoms with van der Waals surface area (Å²) < 4.78 is 11.5. The van der Waals surface area contributed by atoms with Crippen LogP contribution in [0.15, 0.2) is 12.1 Å². The van der Waals surface area contributed by atoms with Gasteiger partial charge in [-0.3, -0.25) is 9.59 Å². The summed E-state index contributed by atoms with van der Waals surface area (Å²) >= 11 is 3.41. The summed E-state index contributed by atoms with van der Waals surface area (Å²) in [6.07, 6.45) is 2.38. The van der Waals surface area contributed by atoms with Gasteiger partial charge in [0.1, 0.15) is 16.4 Å². The number of phenols is 1. The fraction of sp³-hybridized carbons (Fsp3) is 0.619. The summed E-state index contributed by atoms with van der Waals surface area (Å²) in [5.41, 5.74) is 1.03. The predicted octanol–water partition coefficient (Wildman–Crippen LogP) is 4.37. The van der Waals surface area contributed by atoms with E-state index in [2.05, 4.69) is 0 Å². The van der Waals surface area contributed by atoms with Gasteiger partial charge in [0.15, 0.2) is 5.78 Å². The first kappa shape index (κ1) is 23.9. The van der Waals surface area contributed by atoms with E-state index in [-0.39, 0.29) is 18.0 Å². The summed E-state index contributed by atoms with van der Waals surface area (Å²) in [5.74, 6) is 1.52. The van der Waals surface area contributed by atoms with Crippen molar-refractivity contribution in [1.29, 1.82) is 0 Å². The molecule has 2 rings (SSSR count). The Morgan fingerprint density at radius 1 is 1.41 bits per heavy atom. The van der Waals surface area contributed by atoms with Gasteiger partial charge in [-0.15, -0.1) is 11.8 Å². The minimum absolute atomic E-state index is 0.0159. The lowest BCUT2D eigenvalue weighted by Crippen LogP contribution is -2.23. The number of aliphatic carboxylic acids is 1. The summed E-state index contributed by atoms with van der Waals surface area (Å²) in [4.78, 5) is 21.9. The molecule has 0 bridgehead atoms. The molecule has 2 N–H and O–H groups in total. The number of carbonyl (C=O) groups excluding carboxylic acids is 1. The SMILES string of the molecule is CCCc1c(OCCCSCC2COC(C)(CC(=O)O)S2)ccc(C(C)=O)c1O. The molecular weight excluding hydrogens is 412 g/mol. The van der Waals surface area contributed by atoms with Crippen LogP contribution in [0.1, 0.15) is 56.0 Å². The van der Waals surface area contributed by atoms with Gasteiger partial charge in [0, 0.05) is 16.6 Å². The number of Topliss-reactive ketones (excluding diaryl/α,β-unsaturated/α-hetero) is 1. The van der Waals surface area contributed by atoms with Crippen LogP contribution >= 0.6 is 23.5 Å². The second-order valence-electron chi connectivity index (χ2n) is 7.28. The van der Waals surface area contributed by atoms with Gasteiger partial charge in [0.2, 0.25) is 0 Å². The standard InChI is InChI=1S/C21H30O6S2/c1-4-6-17-18(8-7-16(14(2)22)20(17)25)26-9-5-10-28-13-15-12-27-21(3,29-15)11-19(23)24/h7-8,15,25H,4-6,9-13H2,1-3H3,(H,23,24). The van der Waals surface area contributed by atoms with Gasteiger partial charge in [0.05, 0.1) is 25.2 Å². The van der Waals surface area contributed by atoms with Gasteiger partial charge in [-0.2, -0.15) is 11.8 Å². The molecule has 1 aromatic carbocycles. The molecule has 1 aliphatic rings. The van der Waals surface area contributed by atoms with Crippen molar-refractivity contribution in [3.05, 3.63) is 23.3 Å². The quantitative estimate of drug-likeness (QED) is 0.364. The number of thioether (sulfide) groups is 2. The lowest BCUT2D eigenvalue weighted by atomic mass is 10.0. The number of aromatic hydroxyl groups is 1. The van der Waals surface area contributed by atoms with Crippen molar-refractivity contribution < 1.29 is 29.3 Å². The van der Waals surface area contributed by atoms with Crippen LogP contribution in [-0.4, -0.2) is 56.9 Å². The summed E-state index contributed by atoms with van der Waals surface area (Å²) in [7, 11) is 0. The highest BCUT2D eigenvalue weighted by Crippen LogP contribution is 2.41. The molecule has 0 aromatic heterocycles. The lowest BCUT2D eigenvalue weighted by Gasteiger charge is -2.19. The molecule has 0 spiro atoms. The molecule has 0 aliphatic carbocycles. The highest BCUT2D eigenvalue weighted by Gasteiger charge is 2.38. The number of hydrogen-bond donors (Lipinski definition) is 2. The van der Waals surface area contributed by atoms with E-state index in [1.54, 1.807) is 35.7 Å². The van der Waals surface area contributed by atoms with E-state index in [0.29, 0.717) is 41.8 Å². The Bertz CT molecular complexity index is 723. The zero-order valence-electron chi connectivity index (χ0n) is 17.2. The van der Waals surface area contributed by atoms with Crippen molar-refractivity contribution in [2.45, 2.75) is 56.6 Å². The van der Waals surface area contributed by atoms with E-state index in [4.69, 9.17) is 14.6 Å². The number of rotatable bonds is 12. The third kappa shape index (κ3) is 7.12. The third-order valence-corrected chi connectivity index (χ3v) is 7.40. The van der Waals surface area contributed by atoms with Crippen LogP contribution in [0.5, 0.6) is 11.5 Å². The number of carboxylic acids is 1. The normalized spacial score (nSPS) is 21.3. The van der Waals surface area contributed by atoms with Crippen LogP contribution in [0.2, 0.25) is 0 Å². The Morgan fingerprint density at radius 3 is 2.83 bits per heavy atom. The summed E-state index contributed by atoms with van der Waals surface area (Å²) in [5, 5.41) is 19.6. The molecule has 1 fully saturated rings. The predicted molar refractivity (Wildman–Crippen MR) is 118 cm³/mol. The molecule has 29 heavy (non-hydrogen) atoms. The maximum Gasteiger partial charge on any atom is 0.307 e. The third-order valence-electron chi connectivity index (χ3n) is 4.58. The second kappa shape index (κ2) is 11.1. The minimum Gasteiger partial charge on any atom is -0.507 e. The van der Waals surface area contributed by atoms with E-state index >= 15 is 0 Å². The van der Waals surface area contributed by atoms with Crippen molar-refractivity contribution in [2.75, 3.05) is 24.7 Å². The van der Waals surface area contributed by atoms with Crippen LogP contribution < -0.4 is 4.74 Å². The fourth-order valence-corrected chi connectivity index (χ4v) is 5.82. The van der Waals surface area contributed by atoms with Crippen molar-refractivity contribution >= 4 is 35.3 Å². The van der Waals surface area contributed by atoms with Crippen LogP contribution in [0.4, 0.5) is 0 Å². The van der Waals surface area contributed by atoms with Crippen molar-refractivity contribution in [2.24, 2.45) is 0 Å². The maximum absolute atomic E-state index is 11.6. The van der Waals surface area contributed by atoms with E-state index < -0.39 is 10.9 Å². The summed E-state index contributed by atoms with van der Waals surface area (Å²) in [6.45, 7) is 6.42. The first-order valence-corrected chi connectivity index (χ1v) is 11.9. The number of ketones is 1. The number of carbonyl (C=O) groups is 2. The van der Waals surface area contributed by atoms with Crippen molar-refractivity contribution in [3.8, 4) is 11.5 Å². The number of carboxylic acid groups (broad SMARTS) is 1. The van der Waals surface area contributed by atoms with E-state index in [1.807, 2.05) is 13.8 Å². The Morgan fingerprint density at radius 2 is 2.17 bits per heavy atom. The van der Waals surface area contributed by atoms with Gasteiger partial charge in [-0.05, 0) is 44.6 Å². The molecule has 1 saturated heterocycles. The molecule has 0 saturated carbocycles. The fourth-order valence-electron chi connectivity index (χ4n) is 3.23. The molecule has 0 radical (unpaired) electrons. The van der Waals surface area contributed by atoms with Crippen molar-refractivity contribution in [1.82, 2.24) is 0 Å². The molecule has 1 heterocycles. The number of ether oxygens (including phenoxy) is 2. The van der Waals surface area contributed by atoms with E-state index in [1.165, 1.54) is 6.92 Å². The van der Waals surface area contributed by atoms with Crippen LogP contribution in [-0.2, 0) is 16.0 Å². The Kier molecular flexibility index (Phi) is 9.17. The highest BCUT2D eigenvalue weighted by atomic mass is 32.2. The van der Waals surface area contributed by atoms with E-state index in [0.717, 1.165) is 24.3 Å². The molecular formula is C21H30O6S2. The Labute approximate surface area is 180 Å². The van der Waals surface area contributed by atoms with Gasteiger partial charge >= 0.3 is 5.97 Å². The van der Waals surface area contributed by atoms with Crippen LogP contribution in [0.25, 0.3) is 0 Å². The van der Waals surface area contributed by atoms with E-state index in [9.17, 15) is 14.7 Å². The molecule has 8 heteroatoms. The van der Waals surface area contributed by atoms with Gasteiger partial charge in [0.25, 0.3) is 0 Å². The van der Waals surface area contributed by atoms with Gasteiger partial charge < -0.3 is 19.7 Å². The molecule has 2 unspecified atom stereocenters. The van der Waals surface area contributed by atoms with Gasteiger partial charge in [-0.1, -0.05) is 13.3 Å². The molecule has 162 valence electrons. The first-order chi connectivity index (χ1) is 13.8. The second-order valence-corrected chi connectivity index (χ2v) is 10.2. The largest absolute Gasteiger partial charge is 0.507 e. The first-order valence-electron chi connectivity index (χ1n) is 9.85. The number of hydrogen-bond acceptors (Lipinski definition) is 7. The highest BCUT2D eigenvalue weighted by molar-refractivity contribution is 8.04. The lowest BCUT2D eigenvalue weighted by molar-refractivity contribution is -0.140. The topological polar surface area (TPSA) is 93.1 Å². The molecule has 6 nitrogen and oxygen atoms in total. The summed E-state index contributed by atoms with van der Waals surface area (Å²) in [6, 6.07) is 3.39. The smallest absolute Gasteiger partial charge is 0.307 e. The average Bonchev–Trinajstić information content (AvgIpc) is 3.00. The van der Waals surface area contributed by atoms with Gasteiger partial charge in [-0.25, -0.2) is 0 Å². The zero-order chi connectivity index (χ0) is 21.4. The molecule has 1 aromatic rings. The number of benzene rings is 1. The maximum atomic E-state index is 11.6. The van der Waals surface area contributed by atoms with Crippen LogP contribution in [0.3, 0.4) is 0 Å². The molecule has 2 atom stereocenters. The molecule has 1 aliphatic heterocycles. The number of phenolic OH excluding ortho intramolecular Hbond substituents is 1. The minimum atomic E-state index is -0.838.